The molecular weight excluding hydrogens is 257 g/mol. The summed E-state index contributed by atoms with van der Waals surface area (Å²) in [7, 11) is 1.36. The van der Waals surface area contributed by atoms with Gasteiger partial charge in [-0.05, 0) is 30.7 Å². The van der Waals surface area contributed by atoms with Crippen LogP contribution in [0, 0.1) is 5.82 Å². The van der Waals surface area contributed by atoms with Crippen LogP contribution >= 0.6 is 11.6 Å². The van der Waals surface area contributed by atoms with E-state index in [1.54, 1.807) is 12.1 Å². The molecule has 100 valence electrons. The molecule has 0 spiro atoms. The van der Waals surface area contributed by atoms with Crippen molar-refractivity contribution in [3.8, 4) is 0 Å². The second-order valence-corrected chi connectivity index (χ2v) is 4.44. The maximum absolute atomic E-state index is 13.0. The van der Waals surface area contributed by atoms with E-state index in [0.29, 0.717) is 6.54 Å². The van der Waals surface area contributed by atoms with Crippen molar-refractivity contribution >= 4 is 17.6 Å². The van der Waals surface area contributed by atoms with Crippen LogP contribution in [0.4, 0.5) is 4.39 Å². The molecule has 18 heavy (non-hydrogen) atoms. The number of carbonyl (C=O) groups excluding carboxylic acids is 1. The number of hydrogen-bond donors (Lipinski definition) is 0. The van der Waals surface area contributed by atoms with E-state index < -0.39 is 5.82 Å². The Morgan fingerprint density at radius 2 is 2.22 bits per heavy atom. The molecule has 0 aliphatic heterocycles. The zero-order chi connectivity index (χ0) is 13.5. The van der Waals surface area contributed by atoms with Gasteiger partial charge in [0.25, 0.3) is 0 Å². The number of rotatable bonds is 6. The molecule has 0 saturated carbocycles. The Hall–Kier alpha value is -1.13. The highest BCUT2D eigenvalue weighted by Gasteiger charge is 2.11. The molecule has 0 heterocycles. The summed E-state index contributed by atoms with van der Waals surface area (Å²) in [5.74, 6) is -0.716. The third kappa shape index (κ3) is 4.63. The van der Waals surface area contributed by atoms with Crippen molar-refractivity contribution < 1.29 is 13.9 Å². The van der Waals surface area contributed by atoms with Crippen molar-refractivity contribution in [1.82, 2.24) is 4.90 Å². The first kappa shape index (κ1) is 14.9. The molecule has 0 aliphatic rings. The largest absolute Gasteiger partial charge is 0.468 e. The van der Waals surface area contributed by atoms with Crippen LogP contribution in [0.15, 0.2) is 18.2 Å². The minimum atomic E-state index is -0.435. The van der Waals surface area contributed by atoms with E-state index in [0.717, 1.165) is 18.5 Å². The molecule has 1 rings (SSSR count). The van der Waals surface area contributed by atoms with Gasteiger partial charge in [-0.3, -0.25) is 9.69 Å². The van der Waals surface area contributed by atoms with Crippen LogP contribution in [-0.4, -0.2) is 31.1 Å². The Morgan fingerprint density at radius 1 is 1.50 bits per heavy atom. The lowest BCUT2D eigenvalue weighted by Gasteiger charge is -2.20. The molecule has 0 aromatic heterocycles. The quantitative estimate of drug-likeness (QED) is 0.747. The molecule has 3 nitrogen and oxygen atoms in total. The van der Waals surface area contributed by atoms with Gasteiger partial charge in [0.15, 0.2) is 0 Å². The predicted molar refractivity (Wildman–Crippen MR) is 69.0 cm³/mol. The maximum Gasteiger partial charge on any atom is 0.319 e. The summed E-state index contributed by atoms with van der Waals surface area (Å²) in [6.45, 7) is 3.56. The van der Waals surface area contributed by atoms with Gasteiger partial charge in [0, 0.05) is 6.54 Å². The van der Waals surface area contributed by atoms with Gasteiger partial charge in [-0.2, -0.15) is 0 Å². The standard InChI is InChI=1S/C13H17ClFNO2/c1-3-6-16(9-13(17)18-2)8-10-4-5-12(15)11(14)7-10/h4-5,7H,3,6,8-9H2,1-2H3. The Morgan fingerprint density at radius 3 is 2.78 bits per heavy atom. The molecule has 0 radical (unpaired) electrons. The monoisotopic (exact) mass is 273 g/mol. The van der Waals surface area contributed by atoms with Crippen molar-refractivity contribution in [2.24, 2.45) is 0 Å². The van der Waals surface area contributed by atoms with Crippen molar-refractivity contribution in [2.45, 2.75) is 19.9 Å². The Kier molecular flexibility index (Phi) is 6.09. The molecule has 0 unspecified atom stereocenters. The maximum atomic E-state index is 13.0. The number of carbonyl (C=O) groups is 1. The van der Waals surface area contributed by atoms with Crippen LogP contribution in [0.1, 0.15) is 18.9 Å². The van der Waals surface area contributed by atoms with Gasteiger partial charge >= 0.3 is 5.97 Å². The van der Waals surface area contributed by atoms with Gasteiger partial charge in [0.2, 0.25) is 0 Å². The smallest absolute Gasteiger partial charge is 0.319 e. The molecule has 1 aromatic rings. The van der Waals surface area contributed by atoms with E-state index in [2.05, 4.69) is 4.74 Å². The number of ether oxygens (including phenoxy) is 1. The summed E-state index contributed by atoms with van der Waals surface area (Å²) in [5.41, 5.74) is 0.874. The van der Waals surface area contributed by atoms with E-state index in [1.165, 1.54) is 13.2 Å². The molecule has 5 heteroatoms. The number of benzene rings is 1. The summed E-state index contributed by atoms with van der Waals surface area (Å²) in [5, 5.41) is 0.0991. The van der Waals surface area contributed by atoms with Crippen LogP contribution in [0.5, 0.6) is 0 Å². The SMILES string of the molecule is CCCN(CC(=O)OC)Cc1ccc(F)c(Cl)c1. The fourth-order valence-electron chi connectivity index (χ4n) is 1.67. The van der Waals surface area contributed by atoms with Gasteiger partial charge in [-0.25, -0.2) is 4.39 Å². The summed E-state index contributed by atoms with van der Waals surface area (Å²) < 4.78 is 17.7. The first-order valence-corrected chi connectivity index (χ1v) is 6.17. The molecule has 1 aromatic carbocycles. The lowest BCUT2D eigenvalue weighted by molar-refractivity contribution is -0.142. The first-order chi connectivity index (χ1) is 8.56. The fourth-order valence-corrected chi connectivity index (χ4v) is 1.88. The molecule has 0 atom stereocenters. The van der Waals surface area contributed by atoms with Crippen molar-refractivity contribution in [3.63, 3.8) is 0 Å². The van der Waals surface area contributed by atoms with Gasteiger partial charge in [-0.15, -0.1) is 0 Å². The minimum Gasteiger partial charge on any atom is -0.468 e. The van der Waals surface area contributed by atoms with Gasteiger partial charge in [0.1, 0.15) is 5.82 Å². The summed E-state index contributed by atoms with van der Waals surface area (Å²) >= 11 is 5.72. The van der Waals surface area contributed by atoms with Crippen LogP contribution in [0.2, 0.25) is 5.02 Å². The third-order valence-electron chi connectivity index (χ3n) is 2.51. The molecule has 0 aliphatic carbocycles. The zero-order valence-electron chi connectivity index (χ0n) is 10.6. The molecule has 0 N–H and O–H groups in total. The first-order valence-electron chi connectivity index (χ1n) is 5.80. The van der Waals surface area contributed by atoms with E-state index in [9.17, 15) is 9.18 Å². The van der Waals surface area contributed by atoms with E-state index in [1.807, 2.05) is 11.8 Å². The topological polar surface area (TPSA) is 29.5 Å². The lowest BCUT2D eigenvalue weighted by atomic mass is 10.2. The van der Waals surface area contributed by atoms with Crippen molar-refractivity contribution in [3.05, 3.63) is 34.6 Å². The highest BCUT2D eigenvalue weighted by Crippen LogP contribution is 2.17. The number of methoxy groups -OCH3 is 1. The average molecular weight is 274 g/mol. The highest BCUT2D eigenvalue weighted by atomic mass is 35.5. The molecular formula is C13H17ClFNO2. The predicted octanol–water partition coefficient (Wildman–Crippen LogP) is 2.86. The van der Waals surface area contributed by atoms with Crippen LogP contribution in [-0.2, 0) is 16.1 Å². The van der Waals surface area contributed by atoms with Crippen LogP contribution in [0.3, 0.4) is 0 Å². The fraction of sp³-hybridized carbons (Fsp3) is 0.462. The van der Waals surface area contributed by atoms with Crippen LogP contribution < -0.4 is 0 Å². The summed E-state index contributed by atoms with van der Waals surface area (Å²) in [6.07, 6.45) is 0.923. The second-order valence-electron chi connectivity index (χ2n) is 4.04. The molecule has 0 amide bonds. The number of esters is 1. The highest BCUT2D eigenvalue weighted by molar-refractivity contribution is 6.30. The minimum absolute atomic E-state index is 0.0991. The number of halogens is 2. The van der Waals surface area contributed by atoms with Crippen LogP contribution in [0.25, 0.3) is 0 Å². The summed E-state index contributed by atoms with van der Waals surface area (Å²) in [4.78, 5) is 13.2. The summed E-state index contributed by atoms with van der Waals surface area (Å²) in [6, 6.07) is 4.58. The molecule has 0 bridgehead atoms. The zero-order valence-corrected chi connectivity index (χ0v) is 11.3. The Balaban J connectivity index is 2.69. The number of hydrogen-bond acceptors (Lipinski definition) is 3. The number of nitrogens with zero attached hydrogens (tertiary/aromatic N) is 1. The molecule has 0 saturated heterocycles. The normalized spacial score (nSPS) is 10.7. The van der Waals surface area contributed by atoms with Gasteiger partial charge in [0.05, 0.1) is 18.7 Å². The van der Waals surface area contributed by atoms with E-state index in [4.69, 9.17) is 11.6 Å². The average Bonchev–Trinajstić information content (AvgIpc) is 2.34. The third-order valence-corrected chi connectivity index (χ3v) is 2.80. The van der Waals surface area contributed by atoms with E-state index >= 15 is 0 Å². The Labute approximate surface area is 111 Å². The van der Waals surface area contributed by atoms with Crippen molar-refractivity contribution in [2.75, 3.05) is 20.2 Å². The second kappa shape index (κ2) is 7.34. The Bertz CT molecular complexity index is 412. The van der Waals surface area contributed by atoms with E-state index in [-0.39, 0.29) is 17.5 Å². The van der Waals surface area contributed by atoms with Crippen molar-refractivity contribution in [1.29, 1.82) is 0 Å². The van der Waals surface area contributed by atoms with Gasteiger partial charge in [-0.1, -0.05) is 24.6 Å². The lowest BCUT2D eigenvalue weighted by Crippen LogP contribution is -2.30. The van der Waals surface area contributed by atoms with Gasteiger partial charge < -0.3 is 4.74 Å². The molecule has 0 fully saturated rings.